The van der Waals surface area contributed by atoms with Gasteiger partial charge < -0.3 is 0 Å². The van der Waals surface area contributed by atoms with Crippen LogP contribution in [-0.4, -0.2) is 11.6 Å². The number of ketones is 2. The fourth-order valence-corrected chi connectivity index (χ4v) is 10.6. The molecule has 0 spiro atoms. The van der Waals surface area contributed by atoms with E-state index >= 15 is 0 Å². The second kappa shape index (κ2) is 6.82. The Hall–Kier alpha value is -0.920. The van der Waals surface area contributed by atoms with Crippen LogP contribution in [0.2, 0.25) is 0 Å². The van der Waals surface area contributed by atoms with Crippen molar-refractivity contribution < 1.29 is 9.59 Å². The predicted molar refractivity (Wildman–Crippen MR) is 130 cm³/mol. The fourth-order valence-electron chi connectivity index (χ4n) is 10.6. The van der Waals surface area contributed by atoms with Gasteiger partial charge in [-0.2, -0.15) is 0 Å². The Morgan fingerprint density at radius 3 is 1.94 bits per heavy atom. The van der Waals surface area contributed by atoms with Gasteiger partial charge in [0.2, 0.25) is 0 Å². The molecule has 0 heterocycles. The molecule has 0 aromatic rings. The van der Waals surface area contributed by atoms with E-state index in [0.717, 1.165) is 32.1 Å². The van der Waals surface area contributed by atoms with Gasteiger partial charge in [0.1, 0.15) is 11.6 Å². The van der Waals surface area contributed by atoms with Crippen LogP contribution in [0.4, 0.5) is 0 Å². The lowest BCUT2D eigenvalue weighted by Gasteiger charge is -2.62. The van der Waals surface area contributed by atoms with Gasteiger partial charge in [-0.3, -0.25) is 9.59 Å². The first-order valence-electron chi connectivity index (χ1n) is 13.5. The van der Waals surface area contributed by atoms with E-state index in [-0.39, 0.29) is 21.7 Å². The normalized spacial score (nSPS) is 49.7. The lowest BCUT2D eigenvalue weighted by atomic mass is 9.42. The first-order valence-corrected chi connectivity index (χ1v) is 13.5. The molecule has 178 valence electrons. The molecule has 0 aliphatic heterocycles. The second-order valence-corrected chi connectivity index (χ2v) is 14.5. The minimum atomic E-state index is -0.192. The SMILES string of the molecule is CC1(C)C(=O)CC[C@@]2(C)[C@H]1CC[C@@]1(C)CC3=CC[C@H]4C(C)(C)C(=O)CC[C@]4(C)[C@H]3CC[C@@H]12. The smallest absolute Gasteiger partial charge is 0.138 e. The molecule has 5 aliphatic rings. The van der Waals surface area contributed by atoms with Crippen LogP contribution in [0.3, 0.4) is 0 Å². The maximum Gasteiger partial charge on any atom is 0.138 e. The molecule has 2 nitrogen and oxygen atoms in total. The minimum absolute atomic E-state index is 0.169. The Morgan fingerprint density at radius 1 is 0.688 bits per heavy atom. The number of fused-ring (bicyclic) bond motifs is 6. The van der Waals surface area contributed by atoms with Crippen LogP contribution in [0.5, 0.6) is 0 Å². The van der Waals surface area contributed by atoms with Gasteiger partial charge in [-0.15, -0.1) is 0 Å². The van der Waals surface area contributed by atoms with Crippen LogP contribution < -0.4 is 0 Å². The average Bonchev–Trinajstić information content (AvgIpc) is 2.86. The molecule has 4 saturated carbocycles. The molecule has 0 N–H and O–H groups in total. The summed E-state index contributed by atoms with van der Waals surface area (Å²) in [6, 6.07) is 0. The lowest BCUT2D eigenvalue weighted by Crippen LogP contribution is -2.57. The fraction of sp³-hybridized carbons (Fsp3) is 0.867. The molecule has 0 aromatic heterocycles. The van der Waals surface area contributed by atoms with Crippen LogP contribution >= 0.6 is 0 Å². The van der Waals surface area contributed by atoms with Crippen LogP contribution in [0.15, 0.2) is 11.6 Å². The van der Waals surface area contributed by atoms with Gasteiger partial charge in [-0.05, 0) is 91.3 Å². The molecule has 32 heavy (non-hydrogen) atoms. The van der Waals surface area contributed by atoms with Gasteiger partial charge >= 0.3 is 0 Å². The van der Waals surface area contributed by atoms with E-state index in [1.807, 2.05) is 0 Å². The van der Waals surface area contributed by atoms with Crippen LogP contribution in [0.1, 0.15) is 113 Å². The Balaban J connectivity index is 1.52. The molecule has 0 saturated heterocycles. The molecule has 0 aromatic carbocycles. The number of hydrogen-bond acceptors (Lipinski definition) is 2. The van der Waals surface area contributed by atoms with E-state index in [1.165, 1.54) is 32.1 Å². The topological polar surface area (TPSA) is 34.1 Å². The molecule has 4 fully saturated rings. The molecule has 5 rings (SSSR count). The van der Waals surface area contributed by atoms with Crippen molar-refractivity contribution >= 4 is 11.6 Å². The zero-order valence-electron chi connectivity index (χ0n) is 21.8. The van der Waals surface area contributed by atoms with Crippen molar-refractivity contribution in [1.29, 1.82) is 0 Å². The van der Waals surface area contributed by atoms with Crippen molar-refractivity contribution in [2.45, 2.75) is 113 Å². The van der Waals surface area contributed by atoms with Gasteiger partial charge in [-0.1, -0.05) is 60.1 Å². The highest BCUT2D eigenvalue weighted by atomic mass is 16.1. The number of carbonyl (C=O) groups excluding carboxylic acids is 2. The number of Topliss-reactive ketones (excluding diaryl/α,β-unsaturated/α-hetero) is 2. The average molecular weight is 439 g/mol. The molecule has 0 bridgehead atoms. The van der Waals surface area contributed by atoms with Gasteiger partial charge in [-0.25, -0.2) is 0 Å². The molecular formula is C30H46O2. The van der Waals surface area contributed by atoms with E-state index in [2.05, 4.69) is 54.5 Å². The quantitative estimate of drug-likeness (QED) is 0.366. The third-order valence-electron chi connectivity index (χ3n) is 12.4. The highest BCUT2D eigenvalue weighted by molar-refractivity contribution is 5.86. The summed E-state index contributed by atoms with van der Waals surface area (Å²) in [5, 5.41) is 0. The molecule has 0 radical (unpaired) electrons. The van der Waals surface area contributed by atoms with Gasteiger partial charge in [0.15, 0.2) is 0 Å². The highest BCUT2D eigenvalue weighted by Gasteiger charge is 2.63. The summed E-state index contributed by atoms with van der Waals surface area (Å²) in [7, 11) is 0. The van der Waals surface area contributed by atoms with Crippen LogP contribution in [0, 0.1) is 50.7 Å². The molecule has 5 aliphatic carbocycles. The number of carbonyl (C=O) groups is 2. The molecule has 2 heteroatoms. The predicted octanol–water partition coefficient (Wildman–Crippen LogP) is 7.56. The van der Waals surface area contributed by atoms with Crippen molar-refractivity contribution in [2.75, 3.05) is 0 Å². The van der Waals surface area contributed by atoms with Gasteiger partial charge in [0, 0.05) is 23.7 Å². The summed E-state index contributed by atoms with van der Waals surface area (Å²) in [5.74, 6) is 3.32. The molecule has 0 amide bonds. The summed E-state index contributed by atoms with van der Waals surface area (Å²) in [5.41, 5.74) is 2.26. The molecule has 7 atom stereocenters. The van der Waals surface area contributed by atoms with Gasteiger partial charge in [0.25, 0.3) is 0 Å². The molecular weight excluding hydrogens is 392 g/mol. The highest BCUT2D eigenvalue weighted by Crippen LogP contribution is 2.69. The van der Waals surface area contributed by atoms with Crippen LogP contribution in [0.25, 0.3) is 0 Å². The third-order valence-corrected chi connectivity index (χ3v) is 12.4. The minimum Gasteiger partial charge on any atom is -0.299 e. The van der Waals surface area contributed by atoms with Crippen molar-refractivity contribution in [1.82, 2.24) is 0 Å². The van der Waals surface area contributed by atoms with Crippen LogP contribution in [-0.2, 0) is 9.59 Å². The van der Waals surface area contributed by atoms with Crippen molar-refractivity contribution in [2.24, 2.45) is 50.7 Å². The number of rotatable bonds is 0. The third kappa shape index (κ3) is 2.83. The Morgan fingerprint density at radius 2 is 1.28 bits per heavy atom. The number of allylic oxidation sites excluding steroid dienone is 2. The Labute approximate surface area is 196 Å². The van der Waals surface area contributed by atoms with Crippen molar-refractivity contribution in [3.05, 3.63) is 11.6 Å². The van der Waals surface area contributed by atoms with E-state index < -0.39 is 0 Å². The first-order chi connectivity index (χ1) is 14.8. The van der Waals surface area contributed by atoms with Gasteiger partial charge in [0.05, 0.1) is 0 Å². The summed E-state index contributed by atoms with van der Waals surface area (Å²) in [6.07, 6.45) is 13.7. The summed E-state index contributed by atoms with van der Waals surface area (Å²) in [6.45, 7) is 16.6. The maximum atomic E-state index is 12.9. The zero-order valence-corrected chi connectivity index (χ0v) is 21.8. The standard InChI is InChI=1S/C30H46O2/c1-26(2)21-10-8-19-18-28(5)15-12-22-27(3,4)25(32)14-17-30(22,7)23(28)11-9-20(19)29(21,6)16-13-24(26)31/h8,20-23H,9-18H2,1-7H3/t20-,21-,22-,23-,28-,29+,30-/m0/s1. The lowest BCUT2D eigenvalue weighted by molar-refractivity contribution is -0.159. The Kier molecular flexibility index (Phi) is 4.87. The van der Waals surface area contributed by atoms with E-state index in [0.29, 0.717) is 40.7 Å². The monoisotopic (exact) mass is 438 g/mol. The summed E-state index contributed by atoms with van der Waals surface area (Å²) >= 11 is 0. The van der Waals surface area contributed by atoms with E-state index in [9.17, 15) is 9.59 Å². The zero-order chi connectivity index (χ0) is 23.3. The largest absolute Gasteiger partial charge is 0.299 e. The van der Waals surface area contributed by atoms with E-state index in [4.69, 9.17) is 0 Å². The summed E-state index contributed by atoms with van der Waals surface area (Å²) < 4.78 is 0. The molecule has 0 unspecified atom stereocenters. The second-order valence-electron chi connectivity index (χ2n) is 14.5. The number of hydrogen-bond donors (Lipinski definition) is 0. The van der Waals surface area contributed by atoms with Crippen molar-refractivity contribution in [3.63, 3.8) is 0 Å². The summed E-state index contributed by atoms with van der Waals surface area (Å²) in [4.78, 5) is 25.7. The first kappa shape index (κ1) is 22.9. The van der Waals surface area contributed by atoms with E-state index in [1.54, 1.807) is 5.57 Å². The maximum absolute atomic E-state index is 12.9. The Bertz CT molecular complexity index is 877. The van der Waals surface area contributed by atoms with Crippen molar-refractivity contribution in [3.8, 4) is 0 Å².